The van der Waals surface area contributed by atoms with E-state index in [9.17, 15) is 19.6 Å². The first-order valence-electron chi connectivity index (χ1n) is 10.1. The molecule has 7 nitrogen and oxygen atoms in total. The monoisotopic (exact) mass is 417 g/mol. The number of carboxylic acids is 1. The van der Waals surface area contributed by atoms with E-state index >= 15 is 0 Å². The smallest absolute Gasteiger partial charge is 0.303 e. The van der Waals surface area contributed by atoms with Gasteiger partial charge in [-0.2, -0.15) is 5.26 Å². The van der Waals surface area contributed by atoms with Crippen molar-refractivity contribution in [3.05, 3.63) is 67.1 Å². The number of allylic oxidation sites excluding steroid dienone is 2. The average molecular weight is 417 g/mol. The van der Waals surface area contributed by atoms with Crippen molar-refractivity contribution >= 4 is 29.2 Å². The Labute approximate surface area is 179 Å². The van der Waals surface area contributed by atoms with E-state index in [0.717, 1.165) is 29.8 Å². The fraction of sp³-hybridized carbons (Fsp3) is 0.333. The van der Waals surface area contributed by atoms with Gasteiger partial charge in [0, 0.05) is 35.3 Å². The van der Waals surface area contributed by atoms with E-state index < -0.39 is 22.2 Å². The topological polar surface area (TPSA) is 122 Å². The molecule has 0 aliphatic carbocycles. The average Bonchev–Trinajstić information content (AvgIpc) is 2.96. The Morgan fingerprint density at radius 3 is 2.55 bits per heavy atom. The third kappa shape index (κ3) is 3.86. The van der Waals surface area contributed by atoms with Crippen LogP contribution in [0.3, 0.4) is 0 Å². The van der Waals surface area contributed by atoms with Crippen LogP contribution in [0.25, 0.3) is 11.6 Å². The molecule has 3 rings (SSSR count). The summed E-state index contributed by atoms with van der Waals surface area (Å²) in [5.74, 6) is 1.14. The highest BCUT2D eigenvalue weighted by Crippen LogP contribution is 2.48. The number of para-hydroxylation sites is 1. The molecule has 7 heteroatoms. The minimum Gasteiger partial charge on any atom is -0.481 e. The number of hydrogen-bond donors (Lipinski definition) is 2. The number of anilines is 1. The van der Waals surface area contributed by atoms with Gasteiger partial charge < -0.3 is 10.0 Å². The van der Waals surface area contributed by atoms with Crippen LogP contribution < -0.4 is 15.8 Å². The predicted molar refractivity (Wildman–Crippen MR) is 119 cm³/mol. The lowest BCUT2D eigenvalue weighted by Crippen LogP contribution is -2.39. The number of unbranched alkanes of at least 4 members (excludes halogenated alkanes) is 2. The maximum absolute atomic E-state index is 12.3. The van der Waals surface area contributed by atoms with Crippen LogP contribution in [0.5, 0.6) is 0 Å². The van der Waals surface area contributed by atoms with Gasteiger partial charge in [-0.3, -0.25) is 19.8 Å². The largest absolute Gasteiger partial charge is 0.481 e. The Morgan fingerprint density at radius 2 is 1.90 bits per heavy atom. The van der Waals surface area contributed by atoms with E-state index in [1.54, 1.807) is 12.1 Å². The zero-order valence-electron chi connectivity index (χ0n) is 17.5. The highest BCUT2D eigenvalue weighted by Gasteiger charge is 2.40. The molecule has 31 heavy (non-hydrogen) atoms. The van der Waals surface area contributed by atoms with Crippen LogP contribution in [-0.2, 0) is 10.2 Å². The molecule has 0 radical (unpaired) electrons. The lowest BCUT2D eigenvalue weighted by atomic mass is 9.82. The molecule has 0 aromatic heterocycles. The number of aliphatic carboxylic acids is 1. The molecular formula is C24H23N3O4. The van der Waals surface area contributed by atoms with Crippen LogP contribution in [0.4, 0.5) is 5.69 Å². The van der Waals surface area contributed by atoms with Gasteiger partial charge in [0.2, 0.25) is 10.9 Å². The molecule has 0 unspecified atom stereocenters. The third-order valence-corrected chi connectivity index (χ3v) is 5.79. The molecule has 1 aliphatic rings. The number of carbonyl (C=O) groups is 1. The van der Waals surface area contributed by atoms with E-state index in [1.807, 2.05) is 44.0 Å². The molecule has 0 saturated carbocycles. The zero-order chi connectivity index (χ0) is 22.8. The van der Waals surface area contributed by atoms with Crippen molar-refractivity contribution in [2.75, 3.05) is 11.4 Å². The second kappa shape index (κ2) is 8.55. The zero-order valence-corrected chi connectivity index (χ0v) is 17.5. The predicted octanol–water partition coefficient (Wildman–Crippen LogP) is 3.22. The van der Waals surface area contributed by atoms with Crippen molar-refractivity contribution in [3.63, 3.8) is 0 Å². The second-order valence-electron chi connectivity index (χ2n) is 8.09. The summed E-state index contributed by atoms with van der Waals surface area (Å²) in [5, 5.41) is 25.3. The number of nitrogens with zero attached hydrogens (tertiary/aromatic N) is 2. The van der Waals surface area contributed by atoms with Gasteiger partial charge in [-0.05, 0) is 36.4 Å². The molecular weight excluding hydrogens is 394 g/mol. The second-order valence-corrected chi connectivity index (χ2v) is 8.09. The first-order valence-corrected chi connectivity index (χ1v) is 10.1. The van der Waals surface area contributed by atoms with E-state index in [1.165, 1.54) is 0 Å². The fourth-order valence-corrected chi connectivity index (χ4v) is 4.14. The van der Waals surface area contributed by atoms with Crippen molar-refractivity contribution in [3.8, 4) is 6.07 Å². The number of nitriles is 1. The van der Waals surface area contributed by atoms with E-state index in [2.05, 4.69) is 4.90 Å². The lowest BCUT2D eigenvalue weighted by molar-refractivity contribution is -0.137. The Bertz CT molecular complexity index is 1230. The van der Waals surface area contributed by atoms with Crippen molar-refractivity contribution in [1.82, 2.24) is 0 Å². The van der Waals surface area contributed by atoms with Gasteiger partial charge in [0.25, 0.3) is 0 Å². The van der Waals surface area contributed by atoms with Crippen molar-refractivity contribution < 1.29 is 9.90 Å². The molecule has 2 aromatic rings. The van der Waals surface area contributed by atoms with Gasteiger partial charge in [-0.15, -0.1) is 0 Å². The maximum Gasteiger partial charge on any atom is 0.303 e. The van der Waals surface area contributed by atoms with Crippen LogP contribution in [0.1, 0.15) is 56.2 Å². The molecule has 0 spiro atoms. The quantitative estimate of drug-likeness (QED) is 0.294. The number of fused-ring (bicyclic) bond motifs is 1. The summed E-state index contributed by atoms with van der Waals surface area (Å²) in [7, 11) is 0. The number of carboxylic acid groups (broad SMARTS) is 1. The third-order valence-electron chi connectivity index (χ3n) is 5.79. The molecule has 0 bridgehead atoms. The fourth-order valence-electron chi connectivity index (χ4n) is 4.14. The molecule has 158 valence electrons. The van der Waals surface area contributed by atoms with Crippen molar-refractivity contribution in [2.24, 2.45) is 0 Å². The number of benzene rings is 1. The molecule has 1 heterocycles. The van der Waals surface area contributed by atoms with Gasteiger partial charge >= 0.3 is 5.97 Å². The van der Waals surface area contributed by atoms with Crippen LogP contribution >= 0.6 is 0 Å². The van der Waals surface area contributed by atoms with Gasteiger partial charge in [-0.25, -0.2) is 0 Å². The van der Waals surface area contributed by atoms with Gasteiger partial charge in [0.1, 0.15) is 11.6 Å². The number of rotatable bonds is 8. The first-order chi connectivity index (χ1) is 14.7. The highest BCUT2D eigenvalue weighted by molar-refractivity contribution is 5.99. The first kappa shape index (κ1) is 21.9. The van der Waals surface area contributed by atoms with Crippen molar-refractivity contribution in [2.45, 2.75) is 44.9 Å². The maximum atomic E-state index is 12.3. The standard InChI is InChI=1S/C24H23N3O4/c1-24(2)17-8-5-6-9-18(17)27(11-7-3-4-10-20(28)29)19(24)12-16-21(15(13-25)14-26)23(31)22(16)30/h5-6,8-9,12,25H,3-4,7,10-11H2,1-2H3,(H,28,29). The van der Waals surface area contributed by atoms with Crippen LogP contribution in [-0.4, -0.2) is 23.5 Å². The number of nitrogens with one attached hydrogen (secondary N) is 1. The summed E-state index contributed by atoms with van der Waals surface area (Å²) >= 11 is 0. The molecule has 0 fully saturated rings. The molecule has 0 amide bonds. The SMILES string of the molecule is CC1(C)C(=Cc2c(C(=C=N)C#N)c(=O)c2=O)N(CCCCCC(=O)O)c2ccccc21. The molecule has 1 aliphatic heterocycles. The summed E-state index contributed by atoms with van der Waals surface area (Å²) in [5.41, 5.74) is 0.852. The minimum atomic E-state index is -0.812. The summed E-state index contributed by atoms with van der Waals surface area (Å²) in [4.78, 5) is 37.2. The Hall–Kier alpha value is -3.75. The molecule has 2 N–H and O–H groups in total. The van der Waals surface area contributed by atoms with Gasteiger partial charge in [0.05, 0.1) is 5.56 Å². The Morgan fingerprint density at radius 1 is 1.19 bits per heavy atom. The minimum absolute atomic E-state index is 0.0526. The van der Waals surface area contributed by atoms with Crippen LogP contribution in [0.15, 0.2) is 39.6 Å². The van der Waals surface area contributed by atoms with E-state index in [0.29, 0.717) is 13.0 Å². The van der Waals surface area contributed by atoms with Crippen LogP contribution in [0, 0.1) is 16.7 Å². The summed E-state index contributed by atoms with van der Waals surface area (Å²) in [6, 6.07) is 9.66. The summed E-state index contributed by atoms with van der Waals surface area (Å²) < 4.78 is 0. The van der Waals surface area contributed by atoms with Crippen LogP contribution in [0.2, 0.25) is 0 Å². The molecule has 0 atom stereocenters. The normalized spacial score (nSPS) is 15.5. The highest BCUT2D eigenvalue weighted by atomic mass is 16.4. The van der Waals surface area contributed by atoms with Crippen molar-refractivity contribution in [1.29, 1.82) is 10.7 Å². The van der Waals surface area contributed by atoms with Gasteiger partial charge in [0.15, 0.2) is 0 Å². The lowest BCUT2D eigenvalue weighted by Gasteiger charge is -2.28. The van der Waals surface area contributed by atoms with E-state index in [4.69, 9.17) is 10.5 Å². The number of hydrogen-bond acceptors (Lipinski definition) is 6. The molecule has 2 aromatic carbocycles. The Balaban J connectivity index is 2.02. The Kier molecular flexibility index (Phi) is 6.05. The van der Waals surface area contributed by atoms with Gasteiger partial charge in [-0.1, -0.05) is 38.5 Å². The molecule has 0 saturated heterocycles. The summed E-state index contributed by atoms with van der Waals surface area (Å²) in [6.07, 6.45) is 3.89. The summed E-state index contributed by atoms with van der Waals surface area (Å²) in [6.45, 7) is 4.69. The van der Waals surface area contributed by atoms with E-state index in [-0.39, 0.29) is 23.1 Å².